The summed E-state index contributed by atoms with van der Waals surface area (Å²) in [5, 5.41) is 8.49. The zero-order valence-corrected chi connectivity index (χ0v) is 8.77. The second kappa shape index (κ2) is 3.52. The van der Waals surface area contributed by atoms with Gasteiger partial charge in [0.05, 0.1) is 11.6 Å². The molecule has 2 heterocycles. The van der Waals surface area contributed by atoms with Crippen molar-refractivity contribution in [2.75, 3.05) is 0 Å². The van der Waals surface area contributed by atoms with Crippen molar-refractivity contribution >= 4 is 22.9 Å². The van der Waals surface area contributed by atoms with Crippen molar-refractivity contribution in [2.24, 2.45) is 7.05 Å². The fourth-order valence-electron chi connectivity index (χ4n) is 1.28. The molecule has 2 aromatic heterocycles. The van der Waals surface area contributed by atoms with E-state index in [0.29, 0.717) is 5.88 Å². The molecule has 2 nitrogen and oxygen atoms in total. The summed E-state index contributed by atoms with van der Waals surface area (Å²) in [4.78, 5) is 0. The Morgan fingerprint density at radius 1 is 1.62 bits per heavy atom. The molecule has 0 unspecified atom stereocenters. The Labute approximate surface area is 85.8 Å². The Balaban J connectivity index is 2.50. The minimum Gasteiger partial charge on any atom is -0.275 e. The van der Waals surface area contributed by atoms with Crippen molar-refractivity contribution in [3.63, 3.8) is 0 Å². The molecule has 0 saturated heterocycles. The summed E-state index contributed by atoms with van der Waals surface area (Å²) < 4.78 is 1.80. The van der Waals surface area contributed by atoms with Gasteiger partial charge in [0, 0.05) is 29.8 Å². The first-order valence-electron chi connectivity index (χ1n) is 3.92. The zero-order valence-electron chi connectivity index (χ0n) is 7.20. The molecule has 0 bridgehead atoms. The maximum absolute atomic E-state index is 5.81. The molecule has 0 N–H and O–H groups in total. The lowest BCUT2D eigenvalue weighted by molar-refractivity contribution is 0.770. The Hall–Kier alpha value is -0.800. The van der Waals surface area contributed by atoms with Crippen LogP contribution in [0.2, 0.25) is 0 Å². The van der Waals surface area contributed by atoms with Gasteiger partial charge in [-0.3, -0.25) is 4.68 Å². The van der Waals surface area contributed by atoms with Gasteiger partial charge < -0.3 is 0 Å². The van der Waals surface area contributed by atoms with E-state index in [4.69, 9.17) is 11.6 Å². The van der Waals surface area contributed by atoms with Gasteiger partial charge in [-0.15, -0.1) is 11.6 Å². The standard InChI is InChI=1S/C9H9ClN2S/c1-12-5-8(4-10)9(11-12)7-2-3-13-6-7/h2-3,5-6H,4H2,1H3. The van der Waals surface area contributed by atoms with Gasteiger partial charge in [-0.1, -0.05) is 0 Å². The number of aromatic nitrogens is 2. The van der Waals surface area contributed by atoms with E-state index >= 15 is 0 Å². The monoisotopic (exact) mass is 212 g/mol. The summed E-state index contributed by atoms with van der Waals surface area (Å²) in [6, 6.07) is 2.06. The van der Waals surface area contributed by atoms with E-state index in [1.54, 1.807) is 16.0 Å². The minimum atomic E-state index is 0.513. The number of alkyl halides is 1. The van der Waals surface area contributed by atoms with Gasteiger partial charge in [0.2, 0.25) is 0 Å². The highest BCUT2D eigenvalue weighted by atomic mass is 35.5. The van der Waals surface area contributed by atoms with Gasteiger partial charge in [0.1, 0.15) is 0 Å². The largest absolute Gasteiger partial charge is 0.275 e. The van der Waals surface area contributed by atoms with Gasteiger partial charge in [0.25, 0.3) is 0 Å². The van der Waals surface area contributed by atoms with E-state index in [1.807, 2.05) is 18.6 Å². The van der Waals surface area contributed by atoms with Crippen molar-refractivity contribution in [1.82, 2.24) is 9.78 Å². The molecule has 2 aromatic rings. The second-order valence-corrected chi connectivity index (χ2v) is 3.87. The molecule has 2 rings (SSSR count). The fraction of sp³-hybridized carbons (Fsp3) is 0.222. The number of aryl methyl sites for hydroxylation is 1. The molecule has 0 fully saturated rings. The van der Waals surface area contributed by atoms with Crippen LogP contribution in [0, 0.1) is 0 Å². The van der Waals surface area contributed by atoms with Crippen LogP contribution in [-0.2, 0) is 12.9 Å². The molecule has 13 heavy (non-hydrogen) atoms. The highest BCUT2D eigenvalue weighted by Crippen LogP contribution is 2.24. The smallest absolute Gasteiger partial charge is 0.0975 e. The third-order valence-corrected chi connectivity index (χ3v) is 2.81. The van der Waals surface area contributed by atoms with Crippen LogP contribution in [0.3, 0.4) is 0 Å². The topological polar surface area (TPSA) is 17.8 Å². The third kappa shape index (κ3) is 1.62. The van der Waals surface area contributed by atoms with Crippen molar-refractivity contribution in [3.8, 4) is 11.3 Å². The molecule has 0 saturated carbocycles. The van der Waals surface area contributed by atoms with E-state index in [0.717, 1.165) is 16.8 Å². The first-order valence-corrected chi connectivity index (χ1v) is 5.40. The fourth-order valence-corrected chi connectivity index (χ4v) is 2.11. The van der Waals surface area contributed by atoms with E-state index in [-0.39, 0.29) is 0 Å². The molecule has 0 aliphatic rings. The predicted molar refractivity (Wildman–Crippen MR) is 56.1 cm³/mol. The molecule has 0 aliphatic carbocycles. The number of hydrogen-bond acceptors (Lipinski definition) is 2. The molecule has 0 radical (unpaired) electrons. The van der Waals surface area contributed by atoms with Gasteiger partial charge in [-0.2, -0.15) is 16.4 Å². The average molecular weight is 213 g/mol. The van der Waals surface area contributed by atoms with E-state index in [2.05, 4.69) is 16.5 Å². The van der Waals surface area contributed by atoms with Crippen LogP contribution < -0.4 is 0 Å². The summed E-state index contributed by atoms with van der Waals surface area (Å²) in [5.41, 5.74) is 3.24. The molecule has 0 spiro atoms. The van der Waals surface area contributed by atoms with Crippen molar-refractivity contribution in [1.29, 1.82) is 0 Å². The maximum atomic E-state index is 5.81. The summed E-state index contributed by atoms with van der Waals surface area (Å²) in [7, 11) is 1.91. The lowest BCUT2D eigenvalue weighted by Crippen LogP contribution is -1.86. The van der Waals surface area contributed by atoms with E-state index in [9.17, 15) is 0 Å². The third-order valence-electron chi connectivity index (χ3n) is 1.84. The summed E-state index contributed by atoms with van der Waals surface area (Å²) in [6.45, 7) is 0. The van der Waals surface area contributed by atoms with Crippen LogP contribution in [0.25, 0.3) is 11.3 Å². The van der Waals surface area contributed by atoms with Crippen LogP contribution in [0.1, 0.15) is 5.56 Å². The highest BCUT2D eigenvalue weighted by molar-refractivity contribution is 7.08. The first-order chi connectivity index (χ1) is 6.31. The lowest BCUT2D eigenvalue weighted by Gasteiger charge is -1.93. The highest BCUT2D eigenvalue weighted by Gasteiger charge is 2.08. The molecule has 4 heteroatoms. The molecular formula is C9H9ClN2S. The van der Waals surface area contributed by atoms with Gasteiger partial charge in [0.15, 0.2) is 0 Å². The van der Waals surface area contributed by atoms with Gasteiger partial charge in [-0.25, -0.2) is 0 Å². The van der Waals surface area contributed by atoms with Crippen molar-refractivity contribution in [2.45, 2.75) is 5.88 Å². The van der Waals surface area contributed by atoms with E-state index in [1.165, 1.54) is 0 Å². The van der Waals surface area contributed by atoms with Gasteiger partial charge in [-0.05, 0) is 11.4 Å². The minimum absolute atomic E-state index is 0.513. The second-order valence-electron chi connectivity index (χ2n) is 2.82. The quantitative estimate of drug-likeness (QED) is 0.700. The summed E-state index contributed by atoms with van der Waals surface area (Å²) in [6.07, 6.45) is 1.96. The molecule has 0 aromatic carbocycles. The predicted octanol–water partition coefficient (Wildman–Crippen LogP) is 2.89. The molecule has 0 atom stereocenters. The van der Waals surface area contributed by atoms with Crippen LogP contribution in [-0.4, -0.2) is 9.78 Å². The summed E-state index contributed by atoms with van der Waals surface area (Å²) >= 11 is 7.48. The van der Waals surface area contributed by atoms with Crippen LogP contribution >= 0.6 is 22.9 Å². The van der Waals surface area contributed by atoms with E-state index < -0.39 is 0 Å². The first kappa shape index (κ1) is 8.78. The SMILES string of the molecule is Cn1cc(CCl)c(-c2ccsc2)n1. The maximum Gasteiger partial charge on any atom is 0.0975 e. The molecular weight excluding hydrogens is 204 g/mol. The molecule has 0 amide bonds. The molecule has 0 aliphatic heterocycles. The Morgan fingerprint density at radius 3 is 3.08 bits per heavy atom. The number of hydrogen-bond donors (Lipinski definition) is 0. The van der Waals surface area contributed by atoms with Crippen molar-refractivity contribution in [3.05, 3.63) is 28.6 Å². The average Bonchev–Trinajstić information content (AvgIpc) is 2.71. The van der Waals surface area contributed by atoms with Crippen molar-refractivity contribution < 1.29 is 0 Å². The van der Waals surface area contributed by atoms with Crippen LogP contribution in [0.4, 0.5) is 0 Å². The Morgan fingerprint density at radius 2 is 2.46 bits per heavy atom. The Kier molecular flexibility index (Phi) is 2.38. The summed E-state index contributed by atoms with van der Waals surface area (Å²) in [5.74, 6) is 0.513. The number of thiophene rings is 1. The number of halogens is 1. The number of rotatable bonds is 2. The van der Waals surface area contributed by atoms with Gasteiger partial charge >= 0.3 is 0 Å². The number of nitrogens with zero attached hydrogens (tertiary/aromatic N) is 2. The molecule has 68 valence electrons. The Bertz CT molecular complexity index is 392. The van der Waals surface area contributed by atoms with Crippen LogP contribution in [0.5, 0.6) is 0 Å². The zero-order chi connectivity index (χ0) is 9.26. The van der Waals surface area contributed by atoms with Crippen LogP contribution in [0.15, 0.2) is 23.0 Å². The lowest BCUT2D eigenvalue weighted by atomic mass is 10.2. The normalized spacial score (nSPS) is 10.6.